The van der Waals surface area contributed by atoms with Gasteiger partial charge < -0.3 is 4.74 Å². The Morgan fingerprint density at radius 2 is 1.83 bits per heavy atom. The molecule has 0 bridgehead atoms. The van der Waals surface area contributed by atoms with Gasteiger partial charge in [-0.2, -0.15) is 0 Å². The summed E-state index contributed by atoms with van der Waals surface area (Å²) in [6.07, 6.45) is 0.912. The predicted octanol–water partition coefficient (Wildman–Crippen LogP) is 3.82. The molecule has 5 heteroatoms. The lowest BCUT2D eigenvalue weighted by Gasteiger charge is -2.16. The summed E-state index contributed by atoms with van der Waals surface area (Å²) >= 11 is 0. The van der Waals surface area contributed by atoms with Gasteiger partial charge >= 0.3 is 0 Å². The summed E-state index contributed by atoms with van der Waals surface area (Å²) in [5.41, 5.74) is 1.74. The lowest BCUT2D eigenvalue weighted by Crippen LogP contribution is -2.27. The fraction of sp³-hybridized carbons (Fsp3) is 0.333. The molecule has 0 aliphatic heterocycles. The Labute approximate surface area is 138 Å². The van der Waals surface area contributed by atoms with Crippen molar-refractivity contribution < 1.29 is 13.2 Å². The van der Waals surface area contributed by atoms with E-state index in [2.05, 4.69) is 4.72 Å². The van der Waals surface area contributed by atoms with Crippen LogP contribution in [-0.4, -0.2) is 15.0 Å². The molecule has 0 spiro atoms. The fourth-order valence-electron chi connectivity index (χ4n) is 2.27. The molecule has 0 aliphatic carbocycles. The van der Waals surface area contributed by atoms with Crippen molar-refractivity contribution >= 4 is 10.0 Å². The summed E-state index contributed by atoms with van der Waals surface area (Å²) in [7, 11) is -3.57. The monoisotopic (exact) mass is 333 g/mol. The van der Waals surface area contributed by atoms with Crippen LogP contribution in [0.4, 0.5) is 0 Å². The third kappa shape index (κ3) is 4.56. The Balaban J connectivity index is 2.18. The Kier molecular flexibility index (Phi) is 5.80. The third-order valence-corrected chi connectivity index (χ3v) is 5.09. The van der Waals surface area contributed by atoms with Crippen LogP contribution < -0.4 is 9.46 Å². The van der Waals surface area contributed by atoms with Crippen LogP contribution in [0.3, 0.4) is 0 Å². The standard InChI is InChI=1S/C18H23NO3S/c1-4-12-22-18-11-10-17(13-14(18)2)23(20,21)19-15(3)16-8-6-5-7-9-16/h5-11,13,15,19H,4,12H2,1-3H3. The lowest BCUT2D eigenvalue weighted by molar-refractivity contribution is 0.315. The fourth-order valence-corrected chi connectivity index (χ4v) is 3.59. The van der Waals surface area contributed by atoms with Gasteiger partial charge in [0.2, 0.25) is 10.0 Å². The maximum absolute atomic E-state index is 12.5. The van der Waals surface area contributed by atoms with Crippen molar-refractivity contribution in [1.82, 2.24) is 4.72 Å². The molecule has 0 saturated heterocycles. The highest BCUT2D eigenvalue weighted by molar-refractivity contribution is 7.89. The zero-order valence-corrected chi connectivity index (χ0v) is 14.6. The molecule has 4 nitrogen and oxygen atoms in total. The van der Waals surface area contributed by atoms with Crippen molar-refractivity contribution in [2.45, 2.75) is 38.1 Å². The summed E-state index contributed by atoms with van der Waals surface area (Å²) in [5.74, 6) is 0.724. The molecule has 0 aliphatic rings. The zero-order chi connectivity index (χ0) is 16.9. The summed E-state index contributed by atoms with van der Waals surface area (Å²) in [5, 5.41) is 0. The SMILES string of the molecule is CCCOc1ccc(S(=O)(=O)NC(C)c2ccccc2)cc1C. The first-order valence-corrected chi connectivity index (χ1v) is 9.23. The van der Waals surface area contributed by atoms with E-state index in [1.807, 2.05) is 51.1 Å². The molecule has 2 rings (SSSR count). The molecule has 1 atom stereocenters. The van der Waals surface area contributed by atoms with Gasteiger partial charge in [-0.1, -0.05) is 37.3 Å². The van der Waals surface area contributed by atoms with Gasteiger partial charge in [-0.05, 0) is 49.6 Å². The largest absolute Gasteiger partial charge is 0.493 e. The molecule has 0 fully saturated rings. The van der Waals surface area contributed by atoms with Crippen LogP contribution in [0.1, 0.15) is 37.4 Å². The van der Waals surface area contributed by atoms with Crippen LogP contribution in [0.5, 0.6) is 5.75 Å². The molecule has 0 aromatic heterocycles. The van der Waals surface area contributed by atoms with Crippen molar-refractivity contribution in [2.75, 3.05) is 6.61 Å². The predicted molar refractivity (Wildman–Crippen MR) is 92.1 cm³/mol. The second-order valence-electron chi connectivity index (χ2n) is 5.53. The van der Waals surface area contributed by atoms with E-state index in [-0.39, 0.29) is 10.9 Å². The van der Waals surface area contributed by atoms with Crippen LogP contribution >= 0.6 is 0 Å². The summed E-state index contributed by atoms with van der Waals surface area (Å²) in [6.45, 7) is 6.34. The minimum atomic E-state index is -3.57. The van der Waals surface area contributed by atoms with Gasteiger partial charge in [0.15, 0.2) is 0 Å². The molecule has 0 amide bonds. The van der Waals surface area contributed by atoms with Crippen molar-refractivity contribution in [3.63, 3.8) is 0 Å². The summed E-state index contributed by atoms with van der Waals surface area (Å²) < 4.78 is 33.4. The Morgan fingerprint density at radius 3 is 2.43 bits per heavy atom. The number of aryl methyl sites for hydroxylation is 1. The highest BCUT2D eigenvalue weighted by atomic mass is 32.2. The zero-order valence-electron chi connectivity index (χ0n) is 13.7. The van der Waals surface area contributed by atoms with Gasteiger partial charge in [0.25, 0.3) is 0 Å². The van der Waals surface area contributed by atoms with Crippen LogP contribution in [0.25, 0.3) is 0 Å². The Morgan fingerprint density at radius 1 is 1.13 bits per heavy atom. The molecule has 1 N–H and O–H groups in total. The second kappa shape index (κ2) is 7.62. The van der Waals surface area contributed by atoms with Gasteiger partial charge in [0.05, 0.1) is 11.5 Å². The second-order valence-corrected chi connectivity index (χ2v) is 7.24. The summed E-state index contributed by atoms with van der Waals surface area (Å²) in [4.78, 5) is 0.252. The number of hydrogen-bond donors (Lipinski definition) is 1. The van der Waals surface area contributed by atoms with Crippen molar-refractivity contribution in [3.8, 4) is 5.75 Å². The molecule has 2 aromatic carbocycles. The first-order valence-electron chi connectivity index (χ1n) is 7.74. The minimum absolute atomic E-state index is 0.252. The smallest absolute Gasteiger partial charge is 0.241 e. The van der Waals surface area contributed by atoms with Gasteiger partial charge in [0, 0.05) is 6.04 Å². The molecular weight excluding hydrogens is 310 g/mol. The number of ether oxygens (including phenoxy) is 1. The molecule has 0 saturated carbocycles. The third-order valence-electron chi connectivity index (χ3n) is 3.55. The normalized spacial score (nSPS) is 12.8. The summed E-state index contributed by atoms with van der Waals surface area (Å²) in [6, 6.07) is 14.1. The Bertz CT molecular complexity index is 742. The number of sulfonamides is 1. The quantitative estimate of drug-likeness (QED) is 0.838. The molecule has 2 aromatic rings. The molecule has 0 heterocycles. The lowest BCUT2D eigenvalue weighted by atomic mass is 10.1. The van der Waals surface area contributed by atoms with Crippen molar-refractivity contribution in [2.24, 2.45) is 0 Å². The molecule has 23 heavy (non-hydrogen) atoms. The number of hydrogen-bond acceptors (Lipinski definition) is 3. The molecular formula is C18H23NO3S. The number of benzene rings is 2. The van der Waals surface area contributed by atoms with Gasteiger partial charge in [-0.25, -0.2) is 13.1 Å². The van der Waals surface area contributed by atoms with E-state index in [4.69, 9.17) is 4.74 Å². The molecule has 0 radical (unpaired) electrons. The van der Waals surface area contributed by atoms with E-state index in [0.717, 1.165) is 23.3 Å². The van der Waals surface area contributed by atoms with Gasteiger partial charge in [-0.15, -0.1) is 0 Å². The number of rotatable bonds is 7. The van der Waals surface area contributed by atoms with Gasteiger partial charge in [-0.3, -0.25) is 0 Å². The first kappa shape index (κ1) is 17.5. The van der Waals surface area contributed by atoms with E-state index < -0.39 is 10.0 Å². The highest BCUT2D eigenvalue weighted by Crippen LogP contribution is 2.23. The average molecular weight is 333 g/mol. The average Bonchev–Trinajstić information content (AvgIpc) is 2.54. The van der Waals surface area contributed by atoms with E-state index in [1.165, 1.54) is 0 Å². The van der Waals surface area contributed by atoms with Crippen molar-refractivity contribution in [3.05, 3.63) is 59.7 Å². The topological polar surface area (TPSA) is 55.4 Å². The van der Waals surface area contributed by atoms with Gasteiger partial charge in [0.1, 0.15) is 5.75 Å². The maximum atomic E-state index is 12.5. The minimum Gasteiger partial charge on any atom is -0.493 e. The van der Waals surface area contributed by atoms with E-state index >= 15 is 0 Å². The van der Waals surface area contributed by atoms with Crippen LogP contribution in [0, 0.1) is 6.92 Å². The number of nitrogens with one attached hydrogen (secondary N) is 1. The van der Waals surface area contributed by atoms with Crippen LogP contribution in [0.2, 0.25) is 0 Å². The maximum Gasteiger partial charge on any atom is 0.241 e. The van der Waals surface area contributed by atoms with E-state index in [1.54, 1.807) is 18.2 Å². The first-order chi connectivity index (χ1) is 10.9. The van der Waals surface area contributed by atoms with Crippen LogP contribution in [-0.2, 0) is 10.0 Å². The Hall–Kier alpha value is -1.85. The van der Waals surface area contributed by atoms with E-state index in [0.29, 0.717) is 6.61 Å². The highest BCUT2D eigenvalue weighted by Gasteiger charge is 2.19. The van der Waals surface area contributed by atoms with Crippen LogP contribution in [0.15, 0.2) is 53.4 Å². The van der Waals surface area contributed by atoms with E-state index in [9.17, 15) is 8.42 Å². The molecule has 1 unspecified atom stereocenters. The molecule has 124 valence electrons. The van der Waals surface area contributed by atoms with Crippen molar-refractivity contribution in [1.29, 1.82) is 0 Å².